The summed E-state index contributed by atoms with van der Waals surface area (Å²) in [6, 6.07) is 9.06. The molecule has 1 aliphatic rings. The van der Waals surface area contributed by atoms with E-state index in [2.05, 4.69) is 41.8 Å². The lowest BCUT2D eigenvalue weighted by molar-refractivity contribution is 0.415. The number of hydrogen-bond acceptors (Lipinski definition) is 1. The summed E-state index contributed by atoms with van der Waals surface area (Å²) in [7, 11) is 0. The van der Waals surface area contributed by atoms with Gasteiger partial charge in [0.1, 0.15) is 0 Å². The van der Waals surface area contributed by atoms with Crippen molar-refractivity contribution in [3.63, 3.8) is 0 Å². The third-order valence-electron chi connectivity index (χ3n) is 4.01. The molecule has 0 aliphatic heterocycles. The lowest BCUT2D eigenvalue weighted by Gasteiger charge is -2.24. The highest BCUT2D eigenvalue weighted by atomic mass is 32.1. The third kappa shape index (κ3) is 4.78. The normalized spacial score (nSPS) is 15.8. The Morgan fingerprint density at radius 1 is 1.20 bits per heavy atom. The number of benzene rings is 1. The molecule has 0 bridgehead atoms. The first-order chi connectivity index (χ1) is 9.79. The van der Waals surface area contributed by atoms with Crippen molar-refractivity contribution in [3.05, 3.63) is 29.8 Å². The Kier molecular flexibility index (Phi) is 6.31. The van der Waals surface area contributed by atoms with E-state index in [0.717, 1.165) is 17.2 Å². The van der Waals surface area contributed by atoms with Gasteiger partial charge in [0.05, 0.1) is 0 Å². The van der Waals surface area contributed by atoms with Gasteiger partial charge in [0, 0.05) is 11.7 Å². The molecule has 2 nitrogen and oxygen atoms in total. The van der Waals surface area contributed by atoms with Gasteiger partial charge in [-0.1, -0.05) is 50.8 Å². The molecule has 20 heavy (non-hydrogen) atoms. The number of hydrogen-bond donors (Lipinski definition) is 2. The summed E-state index contributed by atoms with van der Waals surface area (Å²) in [5.41, 5.74) is 2.52. The molecule has 0 amide bonds. The molecule has 0 unspecified atom stereocenters. The number of aryl methyl sites for hydroxylation is 1. The monoisotopic (exact) mass is 290 g/mol. The summed E-state index contributed by atoms with van der Waals surface area (Å²) in [5, 5.41) is 7.64. The standard InChI is InChI=1S/C17H26N2S/c1-2-3-9-14-10-7-8-13-16(14)19-17(20)18-15-11-5-4-6-12-15/h7-8,10,13,15H,2-6,9,11-12H2,1H3,(H2,18,19,20). The van der Waals surface area contributed by atoms with E-state index in [0.29, 0.717) is 6.04 Å². The molecule has 0 saturated heterocycles. The largest absolute Gasteiger partial charge is 0.360 e. The molecule has 0 aromatic heterocycles. The molecule has 1 aromatic carbocycles. The van der Waals surface area contributed by atoms with Crippen molar-refractivity contribution in [1.82, 2.24) is 5.32 Å². The van der Waals surface area contributed by atoms with Crippen LogP contribution in [-0.2, 0) is 6.42 Å². The Balaban J connectivity index is 1.89. The summed E-state index contributed by atoms with van der Waals surface area (Å²) < 4.78 is 0. The van der Waals surface area contributed by atoms with Crippen LogP contribution in [0.4, 0.5) is 5.69 Å². The van der Waals surface area contributed by atoms with Gasteiger partial charge in [-0.2, -0.15) is 0 Å². The first kappa shape index (κ1) is 15.3. The second-order valence-corrected chi connectivity index (χ2v) is 6.10. The highest BCUT2D eigenvalue weighted by molar-refractivity contribution is 7.80. The highest BCUT2D eigenvalue weighted by Crippen LogP contribution is 2.19. The third-order valence-corrected chi connectivity index (χ3v) is 4.23. The predicted octanol–water partition coefficient (Wildman–Crippen LogP) is 4.65. The van der Waals surface area contributed by atoms with Crippen LogP contribution in [0.25, 0.3) is 0 Å². The fraction of sp³-hybridized carbons (Fsp3) is 0.588. The lowest BCUT2D eigenvalue weighted by Crippen LogP contribution is -2.39. The van der Waals surface area contributed by atoms with Gasteiger partial charge in [-0.15, -0.1) is 0 Å². The number of thiocarbonyl (C=S) groups is 1. The van der Waals surface area contributed by atoms with Gasteiger partial charge >= 0.3 is 0 Å². The highest BCUT2D eigenvalue weighted by Gasteiger charge is 2.14. The Labute approximate surface area is 128 Å². The van der Waals surface area contributed by atoms with Crippen molar-refractivity contribution in [2.24, 2.45) is 0 Å². The molecular weight excluding hydrogens is 264 g/mol. The van der Waals surface area contributed by atoms with Gasteiger partial charge in [-0.25, -0.2) is 0 Å². The molecule has 0 heterocycles. The summed E-state index contributed by atoms with van der Waals surface area (Å²) in [4.78, 5) is 0. The molecule has 0 atom stereocenters. The van der Waals surface area contributed by atoms with Crippen LogP contribution in [0.15, 0.2) is 24.3 Å². The van der Waals surface area contributed by atoms with Crippen LogP contribution in [0, 0.1) is 0 Å². The number of rotatable bonds is 5. The van der Waals surface area contributed by atoms with Gasteiger partial charge in [-0.05, 0) is 49.5 Å². The minimum atomic E-state index is 0.562. The van der Waals surface area contributed by atoms with Crippen LogP contribution in [0.2, 0.25) is 0 Å². The van der Waals surface area contributed by atoms with Crippen LogP contribution in [0.1, 0.15) is 57.4 Å². The summed E-state index contributed by atoms with van der Waals surface area (Å²) in [6.07, 6.45) is 10.1. The molecule has 2 rings (SSSR count). The Hall–Kier alpha value is -1.09. The van der Waals surface area contributed by atoms with Crippen LogP contribution in [0.3, 0.4) is 0 Å². The van der Waals surface area contributed by atoms with Crippen LogP contribution in [0.5, 0.6) is 0 Å². The van der Waals surface area contributed by atoms with Crippen molar-refractivity contribution in [2.75, 3.05) is 5.32 Å². The number of unbranched alkanes of at least 4 members (excludes halogenated alkanes) is 1. The van der Waals surface area contributed by atoms with E-state index in [-0.39, 0.29) is 0 Å². The molecular formula is C17H26N2S. The van der Waals surface area contributed by atoms with Crippen molar-refractivity contribution < 1.29 is 0 Å². The zero-order chi connectivity index (χ0) is 14.2. The number of para-hydroxylation sites is 1. The van der Waals surface area contributed by atoms with E-state index in [1.807, 2.05) is 0 Å². The van der Waals surface area contributed by atoms with Crippen molar-refractivity contribution in [3.8, 4) is 0 Å². The van der Waals surface area contributed by atoms with Crippen molar-refractivity contribution in [1.29, 1.82) is 0 Å². The molecule has 1 aromatic rings. The number of anilines is 1. The Morgan fingerprint density at radius 3 is 2.70 bits per heavy atom. The Bertz CT molecular complexity index is 425. The lowest BCUT2D eigenvalue weighted by atomic mass is 9.96. The van der Waals surface area contributed by atoms with Crippen molar-refractivity contribution >= 4 is 23.0 Å². The summed E-state index contributed by atoms with van der Waals surface area (Å²) in [6.45, 7) is 2.23. The molecule has 1 aliphatic carbocycles. The molecule has 2 N–H and O–H groups in total. The van der Waals surface area contributed by atoms with E-state index in [1.54, 1.807) is 0 Å². The molecule has 0 spiro atoms. The molecule has 1 fully saturated rings. The fourth-order valence-corrected chi connectivity index (χ4v) is 3.09. The van der Waals surface area contributed by atoms with E-state index in [4.69, 9.17) is 12.2 Å². The quantitative estimate of drug-likeness (QED) is 0.772. The second kappa shape index (κ2) is 8.25. The van der Waals surface area contributed by atoms with Gasteiger partial charge < -0.3 is 10.6 Å². The van der Waals surface area contributed by atoms with E-state index >= 15 is 0 Å². The van der Waals surface area contributed by atoms with E-state index < -0.39 is 0 Å². The fourth-order valence-electron chi connectivity index (χ4n) is 2.82. The average molecular weight is 290 g/mol. The molecule has 1 saturated carbocycles. The van der Waals surface area contributed by atoms with Crippen LogP contribution < -0.4 is 10.6 Å². The SMILES string of the molecule is CCCCc1ccccc1NC(=S)NC1CCCCC1. The zero-order valence-electron chi connectivity index (χ0n) is 12.5. The van der Waals surface area contributed by atoms with Gasteiger partial charge in [0.25, 0.3) is 0 Å². The smallest absolute Gasteiger partial charge is 0.171 e. The van der Waals surface area contributed by atoms with Gasteiger partial charge in [0.2, 0.25) is 0 Å². The van der Waals surface area contributed by atoms with E-state index in [1.165, 1.54) is 50.5 Å². The van der Waals surface area contributed by atoms with E-state index in [9.17, 15) is 0 Å². The molecule has 3 heteroatoms. The maximum atomic E-state index is 5.47. The summed E-state index contributed by atoms with van der Waals surface area (Å²) >= 11 is 5.47. The van der Waals surface area contributed by atoms with Gasteiger partial charge in [-0.3, -0.25) is 0 Å². The minimum Gasteiger partial charge on any atom is -0.360 e. The first-order valence-corrected chi connectivity index (χ1v) is 8.36. The summed E-state index contributed by atoms with van der Waals surface area (Å²) in [5.74, 6) is 0. The van der Waals surface area contributed by atoms with Crippen LogP contribution >= 0.6 is 12.2 Å². The molecule has 110 valence electrons. The number of nitrogens with one attached hydrogen (secondary N) is 2. The molecule has 0 radical (unpaired) electrons. The minimum absolute atomic E-state index is 0.562. The maximum absolute atomic E-state index is 5.47. The van der Waals surface area contributed by atoms with Crippen LogP contribution in [-0.4, -0.2) is 11.2 Å². The zero-order valence-corrected chi connectivity index (χ0v) is 13.3. The van der Waals surface area contributed by atoms with Crippen molar-refractivity contribution in [2.45, 2.75) is 64.3 Å². The topological polar surface area (TPSA) is 24.1 Å². The first-order valence-electron chi connectivity index (χ1n) is 7.95. The van der Waals surface area contributed by atoms with Gasteiger partial charge in [0.15, 0.2) is 5.11 Å². The maximum Gasteiger partial charge on any atom is 0.171 e. The second-order valence-electron chi connectivity index (χ2n) is 5.69. The Morgan fingerprint density at radius 2 is 1.95 bits per heavy atom. The average Bonchev–Trinajstić information content (AvgIpc) is 2.47. The predicted molar refractivity (Wildman–Crippen MR) is 91.3 cm³/mol.